The molecule has 20 heavy (non-hydrogen) atoms. The molecule has 0 aromatic rings. The van der Waals surface area contributed by atoms with Crippen LogP contribution in [0.1, 0.15) is 52.4 Å². The summed E-state index contributed by atoms with van der Waals surface area (Å²) in [6, 6.07) is 1.14. The second-order valence-corrected chi connectivity index (χ2v) is 6.96. The lowest BCUT2D eigenvalue weighted by Gasteiger charge is -2.44. The van der Waals surface area contributed by atoms with E-state index in [1.54, 1.807) is 0 Å². The van der Waals surface area contributed by atoms with Gasteiger partial charge in [-0.25, -0.2) is 0 Å². The summed E-state index contributed by atoms with van der Waals surface area (Å²) < 4.78 is 0. The van der Waals surface area contributed by atoms with Crippen LogP contribution in [0, 0.1) is 5.92 Å². The Hall–Kier alpha value is -0.190. The van der Waals surface area contributed by atoms with Gasteiger partial charge in [-0.15, -0.1) is 0 Å². The van der Waals surface area contributed by atoms with Gasteiger partial charge in [0.15, 0.2) is 0 Å². The van der Waals surface area contributed by atoms with Crippen molar-refractivity contribution in [2.24, 2.45) is 11.7 Å². The molecule has 1 aliphatic heterocycles. The van der Waals surface area contributed by atoms with E-state index in [-0.39, 0.29) is 0 Å². The maximum Gasteiger partial charge on any atom is 0.0901 e. The highest BCUT2D eigenvalue weighted by Gasteiger charge is 2.30. The van der Waals surface area contributed by atoms with Gasteiger partial charge in [0.05, 0.1) is 11.0 Å². The van der Waals surface area contributed by atoms with Gasteiger partial charge in [-0.3, -0.25) is 9.80 Å². The van der Waals surface area contributed by atoms with E-state index in [4.69, 9.17) is 18.0 Å². The summed E-state index contributed by atoms with van der Waals surface area (Å²) >= 11 is 5.21. The highest BCUT2D eigenvalue weighted by atomic mass is 32.1. The first-order chi connectivity index (χ1) is 9.65. The quantitative estimate of drug-likeness (QED) is 0.791. The lowest BCUT2D eigenvalue weighted by atomic mass is 9.83. The topological polar surface area (TPSA) is 32.5 Å². The largest absolute Gasteiger partial charge is 0.392 e. The molecule has 0 amide bonds. The van der Waals surface area contributed by atoms with Crippen LogP contribution in [0.2, 0.25) is 0 Å². The maximum absolute atomic E-state index is 5.87. The molecule has 2 N–H and O–H groups in total. The van der Waals surface area contributed by atoms with E-state index in [1.807, 2.05) is 0 Å². The van der Waals surface area contributed by atoms with Crippen molar-refractivity contribution in [1.82, 2.24) is 9.80 Å². The molecule has 0 spiro atoms. The number of piperazine rings is 1. The van der Waals surface area contributed by atoms with E-state index >= 15 is 0 Å². The molecule has 0 radical (unpaired) electrons. The molecule has 2 fully saturated rings. The fourth-order valence-corrected chi connectivity index (χ4v) is 4.33. The van der Waals surface area contributed by atoms with Crippen LogP contribution < -0.4 is 5.73 Å². The van der Waals surface area contributed by atoms with Gasteiger partial charge in [-0.1, -0.05) is 45.3 Å². The lowest BCUT2D eigenvalue weighted by Crippen LogP contribution is -2.56. The Labute approximate surface area is 129 Å². The van der Waals surface area contributed by atoms with E-state index in [9.17, 15) is 0 Å². The standard InChI is InChI=1S/C16H31N3S/c1-3-13-6-5-7-14(12-13)18-8-10-19(11-9-18)15(4-2)16(17)20/h13-15H,3-12H2,1-2H3,(H2,17,20). The summed E-state index contributed by atoms with van der Waals surface area (Å²) in [5, 5.41) is 0. The molecular formula is C16H31N3S. The molecule has 1 saturated carbocycles. The molecule has 1 aliphatic carbocycles. The predicted octanol–water partition coefficient (Wildman–Crippen LogP) is 2.64. The highest BCUT2D eigenvalue weighted by molar-refractivity contribution is 7.80. The molecule has 4 heteroatoms. The van der Waals surface area contributed by atoms with E-state index in [0.29, 0.717) is 11.0 Å². The van der Waals surface area contributed by atoms with Crippen molar-refractivity contribution in [3.05, 3.63) is 0 Å². The van der Waals surface area contributed by atoms with Gasteiger partial charge in [0.25, 0.3) is 0 Å². The summed E-state index contributed by atoms with van der Waals surface area (Å²) in [4.78, 5) is 5.88. The number of hydrogen-bond acceptors (Lipinski definition) is 3. The van der Waals surface area contributed by atoms with Gasteiger partial charge in [-0.2, -0.15) is 0 Å². The van der Waals surface area contributed by atoms with Crippen molar-refractivity contribution in [3.8, 4) is 0 Å². The van der Waals surface area contributed by atoms with Crippen molar-refractivity contribution < 1.29 is 0 Å². The Kier molecular flexibility index (Phi) is 6.24. The van der Waals surface area contributed by atoms with Crippen LogP contribution in [0.15, 0.2) is 0 Å². The molecule has 3 nitrogen and oxygen atoms in total. The summed E-state index contributed by atoms with van der Waals surface area (Å²) in [5.41, 5.74) is 5.87. The maximum atomic E-state index is 5.87. The van der Waals surface area contributed by atoms with Gasteiger partial charge >= 0.3 is 0 Å². The van der Waals surface area contributed by atoms with Crippen molar-refractivity contribution in [1.29, 1.82) is 0 Å². The summed E-state index contributed by atoms with van der Waals surface area (Å²) in [6.07, 6.45) is 8.10. The SMILES string of the molecule is CCC1CCCC(N2CCN(C(CC)C(N)=S)CC2)C1. The number of nitrogens with two attached hydrogens (primary N) is 1. The van der Waals surface area contributed by atoms with Gasteiger partial charge < -0.3 is 5.73 Å². The molecule has 1 saturated heterocycles. The van der Waals surface area contributed by atoms with Crippen LogP contribution >= 0.6 is 12.2 Å². The van der Waals surface area contributed by atoms with Crippen molar-refractivity contribution in [2.45, 2.75) is 64.5 Å². The van der Waals surface area contributed by atoms with Gasteiger partial charge in [0, 0.05) is 32.2 Å². The Bertz CT molecular complexity index is 313. The summed E-state index contributed by atoms with van der Waals surface area (Å²) in [6.45, 7) is 9.18. The molecule has 3 atom stereocenters. The third-order valence-electron chi connectivity index (χ3n) is 5.35. The average Bonchev–Trinajstić information content (AvgIpc) is 2.48. The molecule has 2 aliphatic rings. The van der Waals surface area contributed by atoms with Crippen molar-refractivity contribution in [3.63, 3.8) is 0 Å². The third-order valence-corrected chi connectivity index (χ3v) is 5.63. The van der Waals surface area contributed by atoms with Gasteiger partial charge in [-0.05, 0) is 25.2 Å². The van der Waals surface area contributed by atoms with E-state index in [0.717, 1.165) is 31.5 Å². The monoisotopic (exact) mass is 297 g/mol. The number of rotatable bonds is 5. The number of nitrogens with zero attached hydrogens (tertiary/aromatic N) is 2. The van der Waals surface area contributed by atoms with Crippen molar-refractivity contribution in [2.75, 3.05) is 26.2 Å². The second-order valence-electron chi connectivity index (χ2n) is 6.49. The minimum atomic E-state index is 0.307. The highest BCUT2D eigenvalue weighted by Crippen LogP contribution is 2.30. The first-order valence-electron chi connectivity index (χ1n) is 8.43. The van der Waals surface area contributed by atoms with Gasteiger partial charge in [0.2, 0.25) is 0 Å². The van der Waals surface area contributed by atoms with Crippen LogP contribution in [-0.4, -0.2) is 53.1 Å². The first-order valence-corrected chi connectivity index (χ1v) is 8.83. The molecule has 3 unspecified atom stereocenters. The predicted molar refractivity (Wildman–Crippen MR) is 90.0 cm³/mol. The zero-order chi connectivity index (χ0) is 14.5. The molecule has 0 aromatic heterocycles. The average molecular weight is 298 g/mol. The molecular weight excluding hydrogens is 266 g/mol. The Balaban J connectivity index is 1.83. The number of hydrogen-bond donors (Lipinski definition) is 1. The van der Waals surface area contributed by atoms with Crippen molar-refractivity contribution >= 4 is 17.2 Å². The zero-order valence-electron chi connectivity index (χ0n) is 13.2. The minimum absolute atomic E-state index is 0.307. The molecule has 116 valence electrons. The van der Waals surface area contributed by atoms with E-state index in [2.05, 4.69) is 23.6 Å². The van der Waals surface area contributed by atoms with Gasteiger partial charge in [0.1, 0.15) is 0 Å². The van der Waals surface area contributed by atoms with Crippen LogP contribution in [0.5, 0.6) is 0 Å². The minimum Gasteiger partial charge on any atom is -0.392 e. The fraction of sp³-hybridized carbons (Fsp3) is 0.938. The normalized spacial score (nSPS) is 31.1. The van der Waals surface area contributed by atoms with E-state index < -0.39 is 0 Å². The van der Waals surface area contributed by atoms with E-state index in [1.165, 1.54) is 45.2 Å². The Morgan fingerprint density at radius 2 is 1.90 bits per heavy atom. The van der Waals surface area contributed by atoms with Crippen LogP contribution in [0.25, 0.3) is 0 Å². The van der Waals surface area contributed by atoms with Crippen LogP contribution in [-0.2, 0) is 0 Å². The zero-order valence-corrected chi connectivity index (χ0v) is 14.0. The molecule has 0 aromatic carbocycles. The fourth-order valence-electron chi connectivity index (χ4n) is 4.02. The van der Waals surface area contributed by atoms with Crippen LogP contribution in [0.4, 0.5) is 0 Å². The van der Waals surface area contributed by atoms with Crippen LogP contribution in [0.3, 0.4) is 0 Å². The molecule has 0 bridgehead atoms. The lowest BCUT2D eigenvalue weighted by molar-refractivity contribution is 0.0582. The molecule has 2 rings (SSSR count). The first kappa shape index (κ1) is 16.2. The summed E-state index contributed by atoms with van der Waals surface area (Å²) in [5.74, 6) is 0.965. The molecule has 1 heterocycles. The third kappa shape index (κ3) is 3.92. The Morgan fingerprint density at radius 1 is 1.20 bits per heavy atom. The summed E-state index contributed by atoms with van der Waals surface area (Å²) in [7, 11) is 0. The second kappa shape index (κ2) is 7.71. The number of thiocarbonyl (C=S) groups is 1. The smallest absolute Gasteiger partial charge is 0.0901 e. The Morgan fingerprint density at radius 3 is 2.45 bits per heavy atom.